The van der Waals surface area contributed by atoms with Crippen LogP contribution in [-0.4, -0.2) is 69.5 Å². The third kappa shape index (κ3) is 7.25. The number of hydrogen-bond acceptors (Lipinski definition) is 5. The molecule has 2 rings (SSSR count). The van der Waals surface area contributed by atoms with Gasteiger partial charge in [0.25, 0.3) is 0 Å². The summed E-state index contributed by atoms with van der Waals surface area (Å²) in [5, 5.41) is 6.27. The van der Waals surface area contributed by atoms with Crippen molar-refractivity contribution in [2.75, 3.05) is 44.2 Å². The van der Waals surface area contributed by atoms with E-state index in [1.54, 1.807) is 0 Å². The van der Waals surface area contributed by atoms with Crippen LogP contribution < -0.4 is 10.6 Å². The highest BCUT2D eigenvalue weighted by molar-refractivity contribution is 7.91. The number of carbonyl (C=O) groups excluding carboxylic acids is 1. The molecule has 0 saturated carbocycles. The van der Waals surface area contributed by atoms with Gasteiger partial charge in [0, 0.05) is 25.4 Å². The Kier molecular flexibility index (Phi) is 9.56. The molecule has 0 bridgehead atoms. The maximum atomic E-state index is 12.0. The first-order valence-corrected chi connectivity index (χ1v) is 10.8. The molecule has 2 aliphatic rings. The molecular weight excluding hydrogens is 350 g/mol. The summed E-state index contributed by atoms with van der Waals surface area (Å²) in [5.41, 5.74) is 0. The number of halogens is 1. The van der Waals surface area contributed by atoms with E-state index in [0.29, 0.717) is 25.4 Å². The normalized spacial score (nSPS) is 25.2. The highest BCUT2D eigenvalue weighted by Crippen LogP contribution is 2.16. The fraction of sp³-hybridized carbons (Fsp3) is 0.938. The summed E-state index contributed by atoms with van der Waals surface area (Å²) >= 11 is 0. The van der Waals surface area contributed by atoms with Crippen molar-refractivity contribution in [1.29, 1.82) is 0 Å². The van der Waals surface area contributed by atoms with Gasteiger partial charge in [0.05, 0.1) is 11.8 Å². The van der Waals surface area contributed by atoms with Crippen LogP contribution in [0.1, 0.15) is 39.0 Å². The molecule has 2 atom stereocenters. The number of hydrogen-bond donors (Lipinski definition) is 2. The van der Waals surface area contributed by atoms with E-state index >= 15 is 0 Å². The molecule has 24 heavy (non-hydrogen) atoms. The lowest BCUT2D eigenvalue weighted by Crippen LogP contribution is -2.46. The minimum absolute atomic E-state index is 0. The number of nitrogens with one attached hydrogen (secondary N) is 2. The first kappa shape index (κ1) is 21.7. The minimum atomic E-state index is -2.90. The molecule has 6 nitrogen and oxygen atoms in total. The van der Waals surface area contributed by atoms with E-state index in [2.05, 4.69) is 15.5 Å². The SMILES string of the molecule is CCCS(=O)(=O)CCN1CCCC(CNC(=O)C2CCCN2)C1.Cl. The van der Waals surface area contributed by atoms with Crippen molar-refractivity contribution < 1.29 is 13.2 Å². The molecule has 0 radical (unpaired) electrons. The molecule has 142 valence electrons. The minimum Gasteiger partial charge on any atom is -0.354 e. The van der Waals surface area contributed by atoms with Crippen molar-refractivity contribution in [2.45, 2.75) is 45.1 Å². The predicted molar refractivity (Wildman–Crippen MR) is 99.4 cm³/mol. The van der Waals surface area contributed by atoms with Gasteiger partial charge >= 0.3 is 0 Å². The van der Waals surface area contributed by atoms with Gasteiger partial charge in [0.1, 0.15) is 0 Å². The zero-order valence-electron chi connectivity index (χ0n) is 14.6. The van der Waals surface area contributed by atoms with Crippen molar-refractivity contribution in [2.24, 2.45) is 5.92 Å². The lowest BCUT2D eigenvalue weighted by Gasteiger charge is -2.32. The van der Waals surface area contributed by atoms with Gasteiger partial charge < -0.3 is 15.5 Å². The Balaban J connectivity index is 0.00000288. The molecular formula is C16H32ClN3O3S. The molecule has 0 aromatic rings. The third-order valence-electron chi connectivity index (χ3n) is 4.78. The summed E-state index contributed by atoms with van der Waals surface area (Å²) < 4.78 is 23.7. The van der Waals surface area contributed by atoms with Crippen LogP contribution in [0.15, 0.2) is 0 Å². The lowest BCUT2D eigenvalue weighted by atomic mass is 9.98. The van der Waals surface area contributed by atoms with Gasteiger partial charge in [-0.25, -0.2) is 8.42 Å². The quantitative estimate of drug-likeness (QED) is 0.650. The highest BCUT2D eigenvalue weighted by atomic mass is 35.5. The number of piperidine rings is 1. The Morgan fingerprint density at radius 1 is 1.25 bits per heavy atom. The summed E-state index contributed by atoms with van der Waals surface area (Å²) in [5.74, 6) is 1.09. The van der Waals surface area contributed by atoms with Crippen LogP contribution >= 0.6 is 12.4 Å². The van der Waals surface area contributed by atoms with Gasteiger partial charge in [-0.05, 0) is 51.1 Å². The van der Waals surface area contributed by atoms with Crippen LogP contribution in [0.4, 0.5) is 0 Å². The number of rotatable bonds is 8. The summed E-state index contributed by atoms with van der Waals surface area (Å²) in [7, 11) is -2.90. The largest absolute Gasteiger partial charge is 0.354 e. The number of nitrogens with zero attached hydrogens (tertiary/aromatic N) is 1. The Bertz CT molecular complexity index is 481. The van der Waals surface area contributed by atoms with Crippen LogP contribution in [0.25, 0.3) is 0 Å². The molecule has 2 saturated heterocycles. The fourth-order valence-electron chi connectivity index (χ4n) is 3.48. The van der Waals surface area contributed by atoms with Crippen LogP contribution in [0.2, 0.25) is 0 Å². The number of carbonyl (C=O) groups is 1. The molecule has 0 aromatic heterocycles. The Morgan fingerprint density at radius 2 is 2.04 bits per heavy atom. The molecule has 2 fully saturated rings. The van der Waals surface area contributed by atoms with E-state index in [9.17, 15) is 13.2 Å². The van der Waals surface area contributed by atoms with Crippen LogP contribution in [-0.2, 0) is 14.6 Å². The molecule has 0 spiro atoms. The smallest absolute Gasteiger partial charge is 0.237 e. The van der Waals surface area contributed by atoms with Crippen LogP contribution in [0.3, 0.4) is 0 Å². The van der Waals surface area contributed by atoms with E-state index in [0.717, 1.165) is 45.3 Å². The Hall–Kier alpha value is -0.370. The molecule has 2 unspecified atom stereocenters. The van der Waals surface area contributed by atoms with Crippen molar-refractivity contribution in [1.82, 2.24) is 15.5 Å². The molecule has 1 amide bonds. The Labute approximate surface area is 152 Å². The third-order valence-corrected chi connectivity index (χ3v) is 6.61. The monoisotopic (exact) mass is 381 g/mol. The molecule has 2 aliphatic heterocycles. The highest BCUT2D eigenvalue weighted by Gasteiger charge is 2.25. The fourth-order valence-corrected chi connectivity index (χ4v) is 4.84. The van der Waals surface area contributed by atoms with Crippen molar-refractivity contribution >= 4 is 28.2 Å². The zero-order chi connectivity index (χ0) is 16.7. The number of sulfone groups is 1. The molecule has 0 aliphatic carbocycles. The molecule has 2 N–H and O–H groups in total. The Morgan fingerprint density at radius 3 is 2.71 bits per heavy atom. The second-order valence-electron chi connectivity index (χ2n) is 6.85. The molecule has 2 heterocycles. The molecule has 0 aromatic carbocycles. The van der Waals surface area contributed by atoms with E-state index in [4.69, 9.17) is 0 Å². The van der Waals surface area contributed by atoms with E-state index in [1.165, 1.54) is 0 Å². The van der Waals surface area contributed by atoms with E-state index in [1.807, 2.05) is 6.92 Å². The molecule has 8 heteroatoms. The van der Waals surface area contributed by atoms with Gasteiger partial charge in [-0.2, -0.15) is 0 Å². The van der Waals surface area contributed by atoms with Gasteiger partial charge in [-0.1, -0.05) is 6.92 Å². The summed E-state index contributed by atoms with van der Waals surface area (Å²) in [4.78, 5) is 14.3. The topological polar surface area (TPSA) is 78.5 Å². The maximum absolute atomic E-state index is 12.0. The lowest BCUT2D eigenvalue weighted by molar-refractivity contribution is -0.123. The first-order valence-electron chi connectivity index (χ1n) is 8.94. The van der Waals surface area contributed by atoms with Gasteiger partial charge in [0.2, 0.25) is 5.91 Å². The second kappa shape index (κ2) is 10.6. The van der Waals surface area contributed by atoms with Gasteiger partial charge in [-0.15, -0.1) is 12.4 Å². The number of amides is 1. The maximum Gasteiger partial charge on any atom is 0.237 e. The predicted octanol–water partition coefficient (Wildman–Crippen LogP) is 0.813. The van der Waals surface area contributed by atoms with Gasteiger partial charge in [-0.3, -0.25) is 4.79 Å². The number of likely N-dealkylation sites (tertiary alicyclic amines) is 1. The second-order valence-corrected chi connectivity index (χ2v) is 9.16. The summed E-state index contributed by atoms with van der Waals surface area (Å²) in [6, 6.07) is -0.0196. The van der Waals surface area contributed by atoms with Crippen LogP contribution in [0, 0.1) is 5.92 Å². The average Bonchev–Trinajstić information content (AvgIpc) is 3.06. The summed E-state index contributed by atoms with van der Waals surface area (Å²) in [6.45, 7) is 6.01. The average molecular weight is 382 g/mol. The van der Waals surface area contributed by atoms with Crippen molar-refractivity contribution in [3.63, 3.8) is 0 Å². The standard InChI is InChI=1S/C16H31N3O3S.ClH/c1-2-10-23(21,22)11-9-19-8-4-5-14(13-19)12-18-16(20)15-6-3-7-17-15;/h14-15,17H,2-13H2,1H3,(H,18,20);1H. The van der Waals surface area contributed by atoms with E-state index in [-0.39, 0.29) is 35.9 Å². The van der Waals surface area contributed by atoms with E-state index < -0.39 is 9.84 Å². The zero-order valence-corrected chi connectivity index (χ0v) is 16.3. The summed E-state index contributed by atoms with van der Waals surface area (Å²) in [6.07, 6.45) is 4.87. The van der Waals surface area contributed by atoms with Crippen LogP contribution in [0.5, 0.6) is 0 Å². The van der Waals surface area contributed by atoms with Gasteiger partial charge in [0.15, 0.2) is 9.84 Å². The first-order chi connectivity index (χ1) is 11.0. The van der Waals surface area contributed by atoms with Crippen molar-refractivity contribution in [3.05, 3.63) is 0 Å². The van der Waals surface area contributed by atoms with Crippen molar-refractivity contribution in [3.8, 4) is 0 Å².